The van der Waals surface area contributed by atoms with Crippen molar-refractivity contribution in [2.24, 2.45) is 0 Å². The first-order chi connectivity index (χ1) is 15.2. The maximum atomic E-state index is 13.1. The van der Waals surface area contributed by atoms with Gasteiger partial charge < -0.3 is 14.2 Å². The van der Waals surface area contributed by atoms with E-state index in [1.54, 1.807) is 30.3 Å². The van der Waals surface area contributed by atoms with Gasteiger partial charge in [0, 0.05) is 0 Å². The second-order valence-electron chi connectivity index (χ2n) is 6.24. The smallest absolute Gasteiger partial charge is 0.343 e. The summed E-state index contributed by atoms with van der Waals surface area (Å²) in [6, 6.07) is 8.46. The van der Waals surface area contributed by atoms with Crippen LogP contribution < -0.4 is 14.4 Å². The summed E-state index contributed by atoms with van der Waals surface area (Å²) in [5, 5.41) is 0.726. The van der Waals surface area contributed by atoms with Crippen molar-refractivity contribution in [1.29, 1.82) is 0 Å². The van der Waals surface area contributed by atoms with Crippen molar-refractivity contribution in [2.75, 3.05) is 25.2 Å². The molecule has 0 radical (unpaired) electrons. The van der Waals surface area contributed by atoms with Gasteiger partial charge in [-0.1, -0.05) is 47.2 Å². The summed E-state index contributed by atoms with van der Waals surface area (Å²) in [6.07, 6.45) is 1.73. The van der Waals surface area contributed by atoms with Gasteiger partial charge in [0.1, 0.15) is 0 Å². The lowest BCUT2D eigenvalue weighted by Crippen LogP contribution is -2.27. The van der Waals surface area contributed by atoms with E-state index >= 15 is 0 Å². The number of rotatable bonds is 7. The van der Waals surface area contributed by atoms with Crippen LogP contribution in [0.4, 0.5) is 5.69 Å². The summed E-state index contributed by atoms with van der Waals surface area (Å²) < 4.78 is 17.0. The van der Waals surface area contributed by atoms with Crippen molar-refractivity contribution in [2.45, 2.75) is 6.92 Å². The molecule has 2 aromatic carbocycles. The molecule has 1 aliphatic heterocycles. The van der Waals surface area contributed by atoms with Crippen molar-refractivity contribution in [3.8, 4) is 11.5 Å². The van der Waals surface area contributed by atoms with Crippen LogP contribution in [0, 0.1) is 3.57 Å². The minimum Gasteiger partial charge on any atom is -0.490 e. The minimum absolute atomic E-state index is 0.242. The van der Waals surface area contributed by atoms with Crippen molar-refractivity contribution in [1.82, 2.24) is 0 Å². The Bertz CT molecular complexity index is 1130. The van der Waals surface area contributed by atoms with E-state index in [1.165, 1.54) is 23.8 Å². The van der Waals surface area contributed by atoms with Crippen LogP contribution in [0.25, 0.3) is 6.08 Å². The lowest BCUT2D eigenvalue weighted by atomic mass is 10.1. The molecule has 0 saturated carbocycles. The maximum Gasteiger partial charge on any atom is 0.343 e. The Morgan fingerprint density at radius 1 is 1.22 bits per heavy atom. The van der Waals surface area contributed by atoms with Crippen molar-refractivity contribution in [3.05, 3.63) is 54.4 Å². The van der Waals surface area contributed by atoms with E-state index in [2.05, 4.69) is 27.3 Å². The van der Waals surface area contributed by atoms with E-state index in [9.17, 15) is 9.59 Å². The third-order valence-electron chi connectivity index (χ3n) is 4.15. The van der Waals surface area contributed by atoms with Crippen molar-refractivity contribution in [3.63, 3.8) is 0 Å². The Morgan fingerprint density at radius 3 is 2.62 bits per heavy atom. The minimum atomic E-state index is -0.502. The van der Waals surface area contributed by atoms with Crippen LogP contribution in [0.1, 0.15) is 12.5 Å². The van der Waals surface area contributed by atoms with Crippen LogP contribution in [-0.4, -0.2) is 36.5 Å². The number of methoxy groups -OCH3 is 1. The molecule has 0 N–H and O–H groups in total. The number of hydrogen-bond acceptors (Lipinski definition) is 7. The lowest BCUT2D eigenvalue weighted by Gasteiger charge is -2.15. The van der Waals surface area contributed by atoms with Crippen LogP contribution >= 0.6 is 69.8 Å². The zero-order chi connectivity index (χ0) is 23.4. The summed E-state index contributed by atoms with van der Waals surface area (Å²) >= 11 is 20.8. The molecule has 1 amide bonds. The van der Waals surface area contributed by atoms with E-state index in [0.717, 1.165) is 5.56 Å². The predicted molar refractivity (Wildman–Crippen MR) is 140 cm³/mol. The second kappa shape index (κ2) is 11.1. The highest BCUT2D eigenvalue weighted by Crippen LogP contribution is 2.40. The fraction of sp³-hybridized carbons (Fsp3) is 0.190. The maximum absolute atomic E-state index is 13.1. The van der Waals surface area contributed by atoms with Crippen molar-refractivity contribution < 1.29 is 23.8 Å². The lowest BCUT2D eigenvalue weighted by molar-refractivity contribution is -0.142. The number of anilines is 1. The fourth-order valence-corrected chi connectivity index (χ4v) is 5.10. The normalized spacial score (nSPS) is 14.8. The highest BCUT2D eigenvalue weighted by atomic mass is 127. The van der Waals surface area contributed by atoms with E-state index < -0.39 is 5.97 Å². The molecule has 1 fully saturated rings. The Balaban J connectivity index is 1.91. The fourth-order valence-electron chi connectivity index (χ4n) is 2.73. The predicted octanol–water partition coefficient (Wildman–Crippen LogP) is 5.95. The molecular weight excluding hydrogens is 608 g/mol. The van der Waals surface area contributed by atoms with Crippen LogP contribution in [-0.2, 0) is 14.3 Å². The third kappa shape index (κ3) is 5.69. The van der Waals surface area contributed by atoms with Gasteiger partial charge >= 0.3 is 5.97 Å². The van der Waals surface area contributed by atoms with Crippen LogP contribution in [0.2, 0.25) is 10.0 Å². The van der Waals surface area contributed by atoms with E-state index in [0.29, 0.717) is 46.6 Å². The standard InChI is InChI=1S/C21H16Cl2INO5S2/c1-3-29-16-7-11(6-15(24)19(16)30-10-18(26)28-2)8-17-20(27)25(21(31)32-17)12-4-5-13(22)14(23)9-12/h4-9H,3,10H2,1-2H3/b17-8-. The van der Waals surface area contributed by atoms with Crippen LogP contribution in [0.3, 0.4) is 0 Å². The summed E-state index contributed by atoms with van der Waals surface area (Å²) in [4.78, 5) is 26.4. The molecule has 0 aromatic heterocycles. The van der Waals surface area contributed by atoms with Gasteiger partial charge in [0.25, 0.3) is 5.91 Å². The Hall–Kier alpha value is -1.53. The van der Waals surface area contributed by atoms with E-state index in [-0.39, 0.29) is 12.5 Å². The third-order valence-corrected chi connectivity index (χ3v) is 6.99. The van der Waals surface area contributed by atoms with Gasteiger partial charge in [-0.25, -0.2) is 4.79 Å². The van der Waals surface area contributed by atoms with E-state index in [1.807, 2.05) is 13.0 Å². The first-order valence-corrected chi connectivity index (χ1v) is 12.2. The molecule has 3 rings (SSSR count). The van der Waals surface area contributed by atoms with Crippen LogP contribution in [0.15, 0.2) is 35.2 Å². The topological polar surface area (TPSA) is 65.1 Å². The van der Waals surface area contributed by atoms with Gasteiger partial charge in [0.15, 0.2) is 22.4 Å². The van der Waals surface area contributed by atoms with Gasteiger partial charge in [-0.3, -0.25) is 9.69 Å². The molecule has 11 heteroatoms. The number of nitrogens with zero attached hydrogens (tertiary/aromatic N) is 1. The Labute approximate surface area is 218 Å². The highest BCUT2D eigenvalue weighted by Gasteiger charge is 2.33. The molecule has 0 bridgehead atoms. The monoisotopic (exact) mass is 623 g/mol. The number of hydrogen-bond donors (Lipinski definition) is 0. The molecule has 0 aliphatic carbocycles. The average molecular weight is 624 g/mol. The van der Waals surface area contributed by atoms with Crippen molar-refractivity contribution >= 4 is 97.7 Å². The molecule has 0 unspecified atom stereocenters. The summed E-state index contributed by atoms with van der Waals surface area (Å²) in [6.45, 7) is 1.99. The number of amides is 1. The van der Waals surface area contributed by atoms with Gasteiger partial charge in [-0.15, -0.1) is 0 Å². The van der Waals surface area contributed by atoms with Crippen LogP contribution in [0.5, 0.6) is 11.5 Å². The quantitative estimate of drug-likeness (QED) is 0.163. The highest BCUT2D eigenvalue weighted by molar-refractivity contribution is 14.1. The first kappa shape index (κ1) is 25.1. The number of ether oxygens (including phenoxy) is 3. The van der Waals surface area contributed by atoms with Gasteiger partial charge in [0.05, 0.1) is 37.9 Å². The molecule has 168 valence electrons. The number of carbonyl (C=O) groups is 2. The number of benzene rings is 2. The number of halogens is 3. The Morgan fingerprint density at radius 2 is 1.97 bits per heavy atom. The zero-order valence-electron chi connectivity index (χ0n) is 16.8. The number of thioether (sulfide) groups is 1. The van der Waals surface area contributed by atoms with E-state index in [4.69, 9.17) is 44.9 Å². The molecule has 1 saturated heterocycles. The Kier molecular flexibility index (Phi) is 8.68. The molecule has 32 heavy (non-hydrogen) atoms. The number of carbonyl (C=O) groups excluding carboxylic acids is 2. The molecule has 2 aromatic rings. The second-order valence-corrected chi connectivity index (χ2v) is 9.90. The summed E-state index contributed by atoms with van der Waals surface area (Å²) in [5.74, 6) is 0.114. The SMILES string of the molecule is CCOc1cc(/C=C2\SC(=S)N(c3ccc(Cl)c(Cl)c3)C2=O)cc(I)c1OCC(=O)OC. The van der Waals surface area contributed by atoms with Gasteiger partial charge in [-0.2, -0.15) is 0 Å². The molecular formula is C21H16Cl2INO5S2. The van der Waals surface area contributed by atoms with Gasteiger partial charge in [-0.05, 0) is 71.5 Å². The zero-order valence-corrected chi connectivity index (χ0v) is 22.1. The number of esters is 1. The van der Waals surface area contributed by atoms with Gasteiger partial charge in [0.2, 0.25) is 0 Å². The summed E-state index contributed by atoms with van der Waals surface area (Å²) in [5.41, 5.74) is 1.26. The molecule has 1 heterocycles. The molecule has 6 nitrogen and oxygen atoms in total. The molecule has 0 atom stereocenters. The first-order valence-electron chi connectivity index (χ1n) is 9.14. The summed E-state index contributed by atoms with van der Waals surface area (Å²) in [7, 11) is 1.29. The molecule has 0 spiro atoms. The number of thiocarbonyl (C=S) groups is 1. The molecule has 1 aliphatic rings. The average Bonchev–Trinajstić information content (AvgIpc) is 3.02. The largest absolute Gasteiger partial charge is 0.490 e.